The van der Waals surface area contributed by atoms with Crippen molar-refractivity contribution in [2.75, 3.05) is 0 Å². The SMILES string of the molecule is CCCCC=Cc1cccc2[cH-]c(CC)cc12.CCCCC=Cc1cccc2[cH-]c(CC)cc12.C[Si]C.[Cl][Zr+2][Cl]. The third kappa shape index (κ3) is 13.7. The van der Waals surface area contributed by atoms with Crippen molar-refractivity contribution in [2.24, 2.45) is 0 Å². The van der Waals surface area contributed by atoms with Gasteiger partial charge in [-0.25, -0.2) is 0 Å². The van der Waals surface area contributed by atoms with Crippen molar-refractivity contribution in [2.45, 2.75) is 92.2 Å². The van der Waals surface area contributed by atoms with Crippen molar-refractivity contribution in [1.29, 1.82) is 0 Å². The van der Waals surface area contributed by atoms with E-state index in [0.29, 0.717) is 0 Å². The minimum atomic E-state index is -0.826. The maximum absolute atomic E-state index is 4.93. The molecule has 0 nitrogen and oxygen atoms in total. The minimum absolute atomic E-state index is 0.826. The van der Waals surface area contributed by atoms with Crippen LogP contribution in [0.3, 0.4) is 0 Å². The van der Waals surface area contributed by atoms with Crippen LogP contribution >= 0.6 is 17.0 Å². The van der Waals surface area contributed by atoms with Gasteiger partial charge in [0, 0.05) is 9.52 Å². The van der Waals surface area contributed by atoms with Crippen LogP contribution in [0.25, 0.3) is 33.7 Å². The van der Waals surface area contributed by atoms with Crippen LogP contribution in [0.1, 0.15) is 88.5 Å². The molecule has 0 aromatic heterocycles. The summed E-state index contributed by atoms with van der Waals surface area (Å²) in [6, 6.07) is 22.4. The zero-order chi connectivity index (χ0) is 29.6. The summed E-state index contributed by atoms with van der Waals surface area (Å²) in [6.45, 7) is 13.2. The molecule has 0 aliphatic heterocycles. The number of hydrogen-bond donors (Lipinski definition) is 0. The van der Waals surface area contributed by atoms with E-state index in [1.165, 1.54) is 82.3 Å². The molecule has 0 bridgehead atoms. The van der Waals surface area contributed by atoms with Gasteiger partial charge in [0.05, 0.1) is 0 Å². The summed E-state index contributed by atoms with van der Waals surface area (Å²) in [5.74, 6) is 0. The Morgan fingerprint density at radius 2 is 1.07 bits per heavy atom. The first-order valence-electron chi connectivity index (χ1n) is 14.8. The normalized spacial score (nSPS) is 10.6. The van der Waals surface area contributed by atoms with Crippen LogP contribution in [0.5, 0.6) is 0 Å². The molecular formula is C36H48Cl2SiZr. The Hall–Kier alpha value is -1.18. The fraction of sp³-hybridized carbons (Fsp3) is 0.389. The molecule has 4 aromatic rings. The summed E-state index contributed by atoms with van der Waals surface area (Å²) in [5, 5.41) is 5.55. The average Bonchev–Trinajstić information content (AvgIpc) is 3.59. The molecule has 0 spiro atoms. The van der Waals surface area contributed by atoms with Crippen molar-refractivity contribution in [3.05, 3.63) is 95.1 Å². The number of hydrogen-bond acceptors (Lipinski definition) is 0. The first kappa shape index (κ1) is 36.8. The molecule has 0 saturated heterocycles. The van der Waals surface area contributed by atoms with Crippen LogP contribution in [0.2, 0.25) is 13.1 Å². The fourth-order valence-electron chi connectivity index (χ4n) is 4.41. The molecule has 40 heavy (non-hydrogen) atoms. The van der Waals surface area contributed by atoms with Gasteiger partial charge in [0.1, 0.15) is 0 Å². The molecule has 0 aliphatic rings. The van der Waals surface area contributed by atoms with E-state index in [1.54, 1.807) is 0 Å². The number of rotatable bonds is 10. The van der Waals surface area contributed by atoms with Gasteiger partial charge in [0.2, 0.25) is 0 Å². The fourth-order valence-corrected chi connectivity index (χ4v) is 4.41. The Morgan fingerprint density at radius 1 is 0.700 bits per heavy atom. The topological polar surface area (TPSA) is 0 Å². The predicted molar refractivity (Wildman–Crippen MR) is 184 cm³/mol. The average molecular weight is 671 g/mol. The quantitative estimate of drug-likeness (QED) is 0.0895. The molecule has 4 aromatic carbocycles. The number of fused-ring (bicyclic) bond motifs is 2. The number of unbranched alkanes of at least 4 members (excludes halogenated alkanes) is 4. The van der Waals surface area contributed by atoms with Gasteiger partial charge in [-0.1, -0.05) is 114 Å². The second-order valence-electron chi connectivity index (χ2n) is 9.80. The van der Waals surface area contributed by atoms with E-state index in [-0.39, 0.29) is 0 Å². The van der Waals surface area contributed by atoms with Gasteiger partial charge >= 0.3 is 37.9 Å². The number of benzene rings is 2. The first-order valence-corrected chi connectivity index (χ1v) is 23.1. The maximum atomic E-state index is 4.93. The van der Waals surface area contributed by atoms with Gasteiger partial charge in [-0.2, -0.15) is 12.1 Å². The van der Waals surface area contributed by atoms with Crippen molar-refractivity contribution >= 4 is 60.2 Å². The predicted octanol–water partition coefficient (Wildman–Crippen LogP) is 12.8. The molecule has 0 heterocycles. The van der Waals surface area contributed by atoms with Gasteiger partial charge in [-0.15, -0.1) is 69.1 Å². The van der Waals surface area contributed by atoms with E-state index in [9.17, 15) is 0 Å². The van der Waals surface area contributed by atoms with E-state index < -0.39 is 20.8 Å². The molecule has 4 heteroatoms. The van der Waals surface area contributed by atoms with Crippen LogP contribution < -0.4 is 0 Å². The zero-order valence-corrected chi connectivity index (χ0v) is 30.5. The van der Waals surface area contributed by atoms with Crippen LogP contribution in [0.4, 0.5) is 0 Å². The van der Waals surface area contributed by atoms with Crippen LogP contribution in [0.15, 0.2) is 72.8 Å². The molecule has 0 aliphatic carbocycles. The monoisotopic (exact) mass is 668 g/mol. The zero-order valence-electron chi connectivity index (χ0n) is 25.5. The van der Waals surface area contributed by atoms with E-state index in [2.05, 4.69) is 126 Å². The van der Waals surface area contributed by atoms with Crippen LogP contribution in [-0.4, -0.2) is 9.52 Å². The summed E-state index contributed by atoms with van der Waals surface area (Å²) < 4.78 is 0. The van der Waals surface area contributed by atoms with Crippen molar-refractivity contribution in [3.8, 4) is 0 Å². The van der Waals surface area contributed by atoms with Crippen molar-refractivity contribution in [1.82, 2.24) is 0 Å². The molecule has 0 unspecified atom stereocenters. The molecule has 0 N–H and O–H groups in total. The Morgan fingerprint density at radius 3 is 1.40 bits per heavy atom. The summed E-state index contributed by atoms with van der Waals surface area (Å²) in [4.78, 5) is 0. The van der Waals surface area contributed by atoms with Crippen molar-refractivity contribution < 1.29 is 20.8 Å². The Bertz CT molecular complexity index is 1150. The van der Waals surface area contributed by atoms with E-state index in [1.807, 2.05) is 0 Å². The molecule has 214 valence electrons. The van der Waals surface area contributed by atoms with E-state index in [4.69, 9.17) is 17.0 Å². The summed E-state index contributed by atoms with van der Waals surface area (Å²) in [5.41, 5.74) is 5.60. The summed E-state index contributed by atoms with van der Waals surface area (Å²) in [7, 11) is 11.0. The van der Waals surface area contributed by atoms with E-state index in [0.717, 1.165) is 22.4 Å². The molecular weight excluding hydrogens is 623 g/mol. The summed E-state index contributed by atoms with van der Waals surface area (Å²) >= 11 is -0.826. The third-order valence-electron chi connectivity index (χ3n) is 6.55. The molecule has 4 rings (SSSR count). The van der Waals surface area contributed by atoms with Gasteiger partial charge in [0.15, 0.2) is 0 Å². The van der Waals surface area contributed by atoms with Crippen molar-refractivity contribution in [3.63, 3.8) is 0 Å². The van der Waals surface area contributed by atoms with Crippen LogP contribution in [0, 0.1) is 0 Å². The number of allylic oxidation sites excluding steroid dienone is 2. The molecule has 0 fully saturated rings. The molecule has 0 atom stereocenters. The second-order valence-corrected chi connectivity index (χ2v) is 14.5. The van der Waals surface area contributed by atoms with Gasteiger partial charge in [0.25, 0.3) is 0 Å². The Kier molecular flexibility index (Phi) is 21.5. The standard InChI is InChI=1S/2C17H21.C2H6Si.2ClH.Zr/c2*1-3-5-6-7-9-15-10-8-11-16-12-14(4-2)13-17(15)16;1-3-2;;;/h2*7-13H,3-6H2,1-2H3;1-2H3;2*1H;/q2*-1;;;;+4/p-2. The van der Waals surface area contributed by atoms with Crippen LogP contribution in [-0.2, 0) is 33.7 Å². The van der Waals surface area contributed by atoms with Gasteiger partial charge in [-0.3, -0.25) is 0 Å². The number of aryl methyl sites for hydroxylation is 2. The van der Waals surface area contributed by atoms with Gasteiger partial charge < -0.3 is 0 Å². The molecule has 0 amide bonds. The molecule has 2 radical (unpaired) electrons. The van der Waals surface area contributed by atoms with E-state index >= 15 is 0 Å². The third-order valence-corrected chi connectivity index (χ3v) is 6.55. The summed E-state index contributed by atoms with van der Waals surface area (Å²) in [6.07, 6.45) is 18.9. The first-order chi connectivity index (χ1) is 19.5. The molecule has 0 saturated carbocycles. The van der Waals surface area contributed by atoms with Gasteiger partial charge in [-0.05, 0) is 25.7 Å². The number of halogens is 2. The Labute approximate surface area is 266 Å². The second kappa shape index (κ2) is 23.4. The Balaban J connectivity index is 0.000000335.